The van der Waals surface area contributed by atoms with E-state index in [2.05, 4.69) is 0 Å². The van der Waals surface area contributed by atoms with Crippen LogP contribution in [0.5, 0.6) is 0 Å². The Morgan fingerprint density at radius 1 is 1.52 bits per heavy atom. The van der Waals surface area contributed by atoms with E-state index in [0.717, 1.165) is 6.42 Å². The number of hydrogen-bond acceptors (Lipinski definition) is 4. The minimum atomic E-state index is -0.982. The second-order valence-corrected chi connectivity index (χ2v) is 6.74. The fourth-order valence-electron chi connectivity index (χ4n) is 3.57. The van der Waals surface area contributed by atoms with E-state index in [4.69, 9.17) is 29.1 Å². The number of rotatable bonds is 1. The number of amides is 1. The van der Waals surface area contributed by atoms with Crippen LogP contribution in [0.25, 0.3) is 0 Å². The minimum absolute atomic E-state index is 0.223. The Kier molecular flexibility index (Phi) is 3.83. The van der Waals surface area contributed by atoms with Crippen LogP contribution in [-0.4, -0.2) is 39.7 Å². The molecule has 1 aliphatic carbocycles. The van der Waals surface area contributed by atoms with Crippen molar-refractivity contribution in [3.63, 3.8) is 0 Å². The first-order valence-corrected chi connectivity index (χ1v) is 8.14. The number of benzene rings is 1. The van der Waals surface area contributed by atoms with Gasteiger partial charge in [0.1, 0.15) is 11.6 Å². The number of anilines is 1. The quantitative estimate of drug-likeness (QED) is 0.788. The van der Waals surface area contributed by atoms with Crippen molar-refractivity contribution >= 4 is 40.5 Å². The molecule has 0 radical (unpaired) electrons. The van der Waals surface area contributed by atoms with Gasteiger partial charge in [-0.25, -0.2) is 0 Å². The van der Waals surface area contributed by atoms with Crippen molar-refractivity contribution in [3.8, 4) is 6.07 Å². The molecular formula is C16H16ClN3O2S. The summed E-state index contributed by atoms with van der Waals surface area (Å²) in [5.74, 6) is -0.223. The molecule has 7 heteroatoms. The van der Waals surface area contributed by atoms with Gasteiger partial charge in [0.2, 0.25) is 0 Å². The molecule has 23 heavy (non-hydrogen) atoms. The molecular weight excluding hydrogens is 334 g/mol. The van der Waals surface area contributed by atoms with Crippen molar-refractivity contribution in [1.29, 1.82) is 5.26 Å². The van der Waals surface area contributed by atoms with Gasteiger partial charge in [0.05, 0.1) is 22.4 Å². The standard InChI is InChI=1S/C16H16ClN3O2S/c1-9-11(6-5-10(8-18)13(9)17)20-14(22)16(19(2)15(20)23)7-3-4-12(16)21/h5-6,12,21H,3-4,7H2,1-2H3/t12-,16+/m0/s1. The first kappa shape index (κ1) is 16.2. The van der Waals surface area contributed by atoms with Crippen LogP contribution in [0.2, 0.25) is 5.02 Å². The summed E-state index contributed by atoms with van der Waals surface area (Å²) in [4.78, 5) is 16.2. The molecule has 1 amide bonds. The van der Waals surface area contributed by atoms with Crippen molar-refractivity contribution in [3.05, 3.63) is 28.3 Å². The van der Waals surface area contributed by atoms with Crippen LogP contribution in [0.4, 0.5) is 5.69 Å². The number of nitriles is 1. The lowest BCUT2D eigenvalue weighted by atomic mass is 9.93. The van der Waals surface area contributed by atoms with E-state index >= 15 is 0 Å². The van der Waals surface area contributed by atoms with Crippen LogP contribution in [0, 0.1) is 18.3 Å². The summed E-state index contributed by atoms with van der Waals surface area (Å²) < 4.78 is 0. The number of thiocarbonyl (C=S) groups is 1. The normalized spacial score (nSPS) is 27.2. The highest BCUT2D eigenvalue weighted by Gasteiger charge is 2.60. The number of halogens is 1. The topological polar surface area (TPSA) is 67.6 Å². The summed E-state index contributed by atoms with van der Waals surface area (Å²) in [6.07, 6.45) is 1.20. The van der Waals surface area contributed by atoms with Gasteiger partial charge >= 0.3 is 0 Å². The summed E-state index contributed by atoms with van der Waals surface area (Å²) in [6.45, 7) is 1.75. The predicted molar refractivity (Wildman–Crippen MR) is 91.3 cm³/mol. The number of hydrogen-bond donors (Lipinski definition) is 1. The van der Waals surface area contributed by atoms with E-state index in [1.165, 1.54) is 4.90 Å². The smallest absolute Gasteiger partial charge is 0.261 e. The van der Waals surface area contributed by atoms with Gasteiger partial charge in [-0.2, -0.15) is 5.26 Å². The molecule has 1 saturated carbocycles. The predicted octanol–water partition coefficient (Wildman–Crippen LogP) is 2.37. The lowest BCUT2D eigenvalue weighted by Gasteiger charge is -2.32. The van der Waals surface area contributed by atoms with Crippen molar-refractivity contribution in [1.82, 2.24) is 4.90 Å². The first-order valence-electron chi connectivity index (χ1n) is 7.36. The second-order valence-electron chi connectivity index (χ2n) is 6.00. The molecule has 5 nitrogen and oxygen atoms in total. The third-order valence-electron chi connectivity index (χ3n) is 4.96. The molecule has 2 fully saturated rings. The Balaban J connectivity index is 2.12. The zero-order valence-corrected chi connectivity index (χ0v) is 14.4. The number of nitrogens with zero attached hydrogens (tertiary/aromatic N) is 3. The van der Waals surface area contributed by atoms with Gasteiger partial charge in [-0.05, 0) is 56.1 Å². The van der Waals surface area contributed by atoms with Crippen LogP contribution in [0.1, 0.15) is 30.4 Å². The molecule has 2 atom stereocenters. The summed E-state index contributed by atoms with van der Waals surface area (Å²) in [5.41, 5.74) is 0.560. The maximum absolute atomic E-state index is 13.1. The van der Waals surface area contributed by atoms with Gasteiger partial charge in [0.15, 0.2) is 5.11 Å². The number of carbonyl (C=O) groups is 1. The summed E-state index contributed by atoms with van der Waals surface area (Å²) in [5, 5.41) is 20.1. The molecule has 1 N–H and O–H groups in total. The van der Waals surface area contributed by atoms with Gasteiger partial charge in [0, 0.05) is 7.05 Å². The molecule has 1 aliphatic heterocycles. The SMILES string of the molecule is Cc1c(N2C(=O)[C@]3(CCC[C@@H]3O)N(C)C2=S)ccc(C#N)c1Cl. The van der Waals surface area contributed by atoms with Crippen LogP contribution in [-0.2, 0) is 4.79 Å². The largest absolute Gasteiger partial charge is 0.390 e. The van der Waals surface area contributed by atoms with Crippen molar-refractivity contribution in [2.75, 3.05) is 11.9 Å². The van der Waals surface area contributed by atoms with Gasteiger partial charge in [-0.15, -0.1) is 0 Å². The van der Waals surface area contributed by atoms with Crippen LogP contribution in [0.3, 0.4) is 0 Å². The first-order chi connectivity index (χ1) is 10.9. The molecule has 0 unspecified atom stereocenters. The third kappa shape index (κ3) is 2.01. The van der Waals surface area contributed by atoms with Crippen LogP contribution >= 0.6 is 23.8 Å². The van der Waals surface area contributed by atoms with E-state index in [1.807, 2.05) is 6.07 Å². The van der Waals surface area contributed by atoms with Crippen molar-refractivity contribution in [2.24, 2.45) is 0 Å². The van der Waals surface area contributed by atoms with Gasteiger partial charge in [-0.3, -0.25) is 9.69 Å². The highest BCUT2D eigenvalue weighted by atomic mass is 35.5. The molecule has 1 saturated heterocycles. The lowest BCUT2D eigenvalue weighted by molar-refractivity contribution is -0.128. The van der Waals surface area contributed by atoms with Crippen LogP contribution < -0.4 is 4.90 Å². The number of carbonyl (C=O) groups excluding carboxylic acids is 1. The van der Waals surface area contributed by atoms with E-state index in [0.29, 0.717) is 39.8 Å². The molecule has 0 aromatic heterocycles. The number of aliphatic hydroxyl groups is 1. The summed E-state index contributed by atoms with van der Waals surface area (Å²) in [6, 6.07) is 5.28. The Labute approximate surface area is 145 Å². The van der Waals surface area contributed by atoms with E-state index in [-0.39, 0.29) is 5.91 Å². The van der Waals surface area contributed by atoms with Gasteiger partial charge in [0.25, 0.3) is 5.91 Å². The van der Waals surface area contributed by atoms with Crippen LogP contribution in [0.15, 0.2) is 12.1 Å². The molecule has 1 spiro atoms. The average Bonchev–Trinajstić information content (AvgIpc) is 3.00. The van der Waals surface area contributed by atoms with Crippen molar-refractivity contribution < 1.29 is 9.90 Å². The zero-order chi connectivity index (χ0) is 16.9. The number of likely N-dealkylation sites (N-methyl/N-ethyl adjacent to an activating group) is 1. The third-order valence-corrected chi connectivity index (χ3v) is 5.90. The fourth-order valence-corrected chi connectivity index (χ4v) is 4.12. The minimum Gasteiger partial charge on any atom is -0.390 e. The van der Waals surface area contributed by atoms with E-state index < -0.39 is 11.6 Å². The summed E-state index contributed by atoms with van der Waals surface area (Å²) in [7, 11) is 1.75. The molecule has 120 valence electrons. The monoisotopic (exact) mass is 349 g/mol. The Hall–Kier alpha value is -1.68. The molecule has 0 bridgehead atoms. The molecule has 2 aliphatic rings. The van der Waals surface area contributed by atoms with E-state index in [1.54, 1.807) is 31.0 Å². The number of aliphatic hydroxyl groups excluding tert-OH is 1. The highest BCUT2D eigenvalue weighted by Crippen LogP contribution is 2.44. The summed E-state index contributed by atoms with van der Waals surface area (Å²) >= 11 is 11.7. The maximum atomic E-state index is 13.1. The maximum Gasteiger partial charge on any atom is 0.261 e. The van der Waals surface area contributed by atoms with Gasteiger partial charge < -0.3 is 10.0 Å². The lowest BCUT2D eigenvalue weighted by Crippen LogP contribution is -2.53. The average molecular weight is 350 g/mol. The zero-order valence-electron chi connectivity index (χ0n) is 12.8. The molecule has 3 rings (SSSR count). The van der Waals surface area contributed by atoms with E-state index in [9.17, 15) is 9.90 Å². The molecule has 1 aromatic rings. The highest BCUT2D eigenvalue weighted by molar-refractivity contribution is 7.80. The van der Waals surface area contributed by atoms with Gasteiger partial charge in [-0.1, -0.05) is 11.6 Å². The van der Waals surface area contributed by atoms with Crippen molar-refractivity contribution in [2.45, 2.75) is 37.8 Å². The molecule has 1 heterocycles. The molecule has 1 aromatic carbocycles. The Bertz CT molecular complexity index is 760. The second kappa shape index (κ2) is 5.45. The Morgan fingerprint density at radius 3 is 2.78 bits per heavy atom. The Morgan fingerprint density at radius 2 is 2.22 bits per heavy atom. The fraction of sp³-hybridized carbons (Fsp3) is 0.438.